The van der Waals surface area contributed by atoms with Gasteiger partial charge in [-0.05, 0) is 98.6 Å². The van der Waals surface area contributed by atoms with E-state index in [0.29, 0.717) is 0 Å². The zero-order chi connectivity index (χ0) is 36.1. The van der Waals surface area contributed by atoms with Crippen LogP contribution < -0.4 is 4.90 Å². The molecule has 0 amide bonds. The van der Waals surface area contributed by atoms with E-state index in [4.69, 9.17) is 0 Å². The molecular formula is C52H32N2S. The molecule has 0 bridgehead atoms. The minimum atomic E-state index is -0.414. The zero-order valence-electron chi connectivity index (χ0n) is 29.8. The van der Waals surface area contributed by atoms with Crippen molar-refractivity contribution in [3.8, 4) is 33.4 Å². The van der Waals surface area contributed by atoms with Crippen molar-refractivity contribution in [2.24, 2.45) is 0 Å². The average Bonchev–Trinajstić information content (AvgIpc) is 3.89. The van der Waals surface area contributed by atoms with E-state index in [0.717, 1.165) is 16.9 Å². The quantitative estimate of drug-likeness (QED) is 0.180. The fourth-order valence-electron chi connectivity index (χ4n) is 9.69. The first kappa shape index (κ1) is 30.6. The molecule has 0 unspecified atom stereocenters. The van der Waals surface area contributed by atoms with Gasteiger partial charge in [-0.2, -0.15) is 0 Å². The van der Waals surface area contributed by atoms with Crippen molar-refractivity contribution in [2.75, 3.05) is 4.90 Å². The molecule has 0 fully saturated rings. The van der Waals surface area contributed by atoms with Gasteiger partial charge in [0.2, 0.25) is 0 Å². The fraction of sp³-hybridized carbons (Fsp3) is 0.0192. The number of hydrogen-bond acceptors (Lipinski definition) is 3. The Labute approximate surface area is 323 Å². The molecule has 2 aliphatic rings. The van der Waals surface area contributed by atoms with E-state index in [-0.39, 0.29) is 0 Å². The fourth-order valence-corrected chi connectivity index (χ4v) is 10.9. The summed E-state index contributed by atoms with van der Waals surface area (Å²) >= 11 is 1.86. The first-order valence-corrected chi connectivity index (χ1v) is 19.7. The average molecular weight is 717 g/mol. The number of anilines is 3. The monoisotopic (exact) mass is 716 g/mol. The molecule has 2 nitrogen and oxygen atoms in total. The Balaban J connectivity index is 1.13. The van der Waals surface area contributed by atoms with Gasteiger partial charge in [-0.1, -0.05) is 140 Å². The highest BCUT2D eigenvalue weighted by molar-refractivity contribution is 7.26. The molecule has 0 saturated heterocycles. The van der Waals surface area contributed by atoms with E-state index in [1.165, 1.54) is 86.9 Å². The summed E-state index contributed by atoms with van der Waals surface area (Å²) in [6, 6.07) is 69.5. The molecule has 2 heterocycles. The van der Waals surface area contributed by atoms with Crippen LogP contribution in [0.5, 0.6) is 0 Å². The molecule has 0 radical (unpaired) electrons. The second-order valence-corrected chi connectivity index (χ2v) is 15.7. The van der Waals surface area contributed by atoms with E-state index in [9.17, 15) is 0 Å². The Morgan fingerprint density at radius 1 is 0.436 bits per heavy atom. The van der Waals surface area contributed by atoms with Crippen molar-refractivity contribution in [1.82, 2.24) is 4.98 Å². The van der Waals surface area contributed by atoms with E-state index in [2.05, 4.69) is 192 Å². The van der Waals surface area contributed by atoms with E-state index in [1.54, 1.807) is 0 Å². The van der Waals surface area contributed by atoms with Gasteiger partial charge in [-0.3, -0.25) is 4.98 Å². The highest BCUT2D eigenvalue weighted by Gasteiger charge is 2.52. The third-order valence-electron chi connectivity index (χ3n) is 11.9. The van der Waals surface area contributed by atoms with Crippen LogP contribution in [0.3, 0.4) is 0 Å². The normalized spacial score (nSPS) is 13.2. The van der Waals surface area contributed by atoms with Crippen LogP contribution in [0.15, 0.2) is 194 Å². The van der Waals surface area contributed by atoms with Gasteiger partial charge < -0.3 is 4.90 Å². The van der Waals surface area contributed by atoms with E-state index >= 15 is 0 Å². The molecule has 3 heteroatoms. The lowest BCUT2D eigenvalue weighted by Crippen LogP contribution is -2.26. The Morgan fingerprint density at radius 2 is 1.05 bits per heavy atom. The largest absolute Gasteiger partial charge is 0.310 e. The van der Waals surface area contributed by atoms with Gasteiger partial charge in [-0.25, -0.2) is 0 Å². The van der Waals surface area contributed by atoms with Crippen LogP contribution in [-0.4, -0.2) is 4.98 Å². The summed E-state index contributed by atoms with van der Waals surface area (Å²) in [5.41, 5.74) is 17.0. The summed E-state index contributed by atoms with van der Waals surface area (Å²) in [7, 11) is 0. The molecule has 0 N–H and O–H groups in total. The van der Waals surface area contributed by atoms with Crippen LogP contribution in [0.1, 0.15) is 22.3 Å². The number of aromatic nitrogens is 1. The SMILES string of the molecule is c1ccc(-c2ccc(N(c3ccc4c(c3)sc3c5cccnc5ccc43)c3cccc4c3-c3ccccc3C43c4ccccc4-c4ccccc43)cc2)cc1. The predicted molar refractivity (Wildman–Crippen MR) is 231 cm³/mol. The second-order valence-electron chi connectivity index (χ2n) is 14.6. The molecule has 0 atom stereocenters. The summed E-state index contributed by atoms with van der Waals surface area (Å²) in [6.45, 7) is 0. The third-order valence-corrected chi connectivity index (χ3v) is 13.1. The van der Waals surface area contributed by atoms with Crippen LogP contribution in [-0.2, 0) is 5.41 Å². The highest BCUT2D eigenvalue weighted by Crippen LogP contribution is 2.64. The molecule has 2 aliphatic carbocycles. The molecule has 0 aliphatic heterocycles. The smallest absolute Gasteiger partial charge is 0.0726 e. The first-order chi connectivity index (χ1) is 27.3. The van der Waals surface area contributed by atoms with Gasteiger partial charge in [-0.15, -0.1) is 11.3 Å². The number of pyridine rings is 1. The number of hydrogen-bond donors (Lipinski definition) is 0. The summed E-state index contributed by atoms with van der Waals surface area (Å²) < 4.78 is 2.55. The Kier molecular flexibility index (Phi) is 6.46. The molecule has 0 saturated carbocycles. The highest BCUT2D eigenvalue weighted by atomic mass is 32.1. The van der Waals surface area contributed by atoms with Gasteiger partial charge >= 0.3 is 0 Å². The summed E-state index contributed by atoms with van der Waals surface area (Å²) in [4.78, 5) is 7.15. The first-order valence-electron chi connectivity index (χ1n) is 18.9. The van der Waals surface area contributed by atoms with Crippen molar-refractivity contribution in [2.45, 2.75) is 5.41 Å². The van der Waals surface area contributed by atoms with Gasteiger partial charge in [0.15, 0.2) is 0 Å². The van der Waals surface area contributed by atoms with Gasteiger partial charge in [0.1, 0.15) is 0 Å². The summed E-state index contributed by atoms with van der Waals surface area (Å²) in [5, 5.41) is 3.76. The van der Waals surface area contributed by atoms with Crippen molar-refractivity contribution in [3.63, 3.8) is 0 Å². The van der Waals surface area contributed by atoms with Crippen LogP contribution in [0.2, 0.25) is 0 Å². The lowest BCUT2D eigenvalue weighted by atomic mass is 9.70. The molecule has 55 heavy (non-hydrogen) atoms. The molecular weight excluding hydrogens is 685 g/mol. The van der Waals surface area contributed by atoms with Gasteiger partial charge in [0.25, 0.3) is 0 Å². The Bertz CT molecular complexity index is 3110. The molecule has 12 rings (SSSR count). The van der Waals surface area contributed by atoms with E-state index < -0.39 is 5.41 Å². The van der Waals surface area contributed by atoms with Gasteiger partial charge in [0, 0.05) is 48.7 Å². The number of thiophene rings is 1. The Hall–Kier alpha value is -6.81. The van der Waals surface area contributed by atoms with Gasteiger partial charge in [0.05, 0.1) is 16.6 Å². The molecule has 256 valence electrons. The summed E-state index contributed by atoms with van der Waals surface area (Å²) in [5.74, 6) is 0. The zero-order valence-corrected chi connectivity index (χ0v) is 30.6. The van der Waals surface area contributed by atoms with E-state index in [1.807, 2.05) is 23.6 Å². The maximum atomic E-state index is 4.66. The minimum Gasteiger partial charge on any atom is -0.310 e. The topological polar surface area (TPSA) is 16.1 Å². The maximum absolute atomic E-state index is 4.66. The molecule has 8 aromatic carbocycles. The minimum absolute atomic E-state index is 0.414. The van der Waals surface area contributed by atoms with Crippen molar-refractivity contribution in [1.29, 1.82) is 0 Å². The van der Waals surface area contributed by atoms with Crippen LogP contribution in [0.25, 0.3) is 64.5 Å². The Morgan fingerprint density at radius 3 is 1.82 bits per heavy atom. The molecule has 2 aromatic heterocycles. The molecule has 1 spiro atoms. The lowest BCUT2D eigenvalue weighted by Gasteiger charge is -2.32. The van der Waals surface area contributed by atoms with Crippen LogP contribution in [0, 0.1) is 0 Å². The van der Waals surface area contributed by atoms with Crippen LogP contribution >= 0.6 is 11.3 Å². The number of nitrogens with zero attached hydrogens (tertiary/aromatic N) is 2. The number of rotatable bonds is 4. The number of fused-ring (bicyclic) bond motifs is 15. The number of benzene rings is 8. The lowest BCUT2D eigenvalue weighted by molar-refractivity contribution is 0.794. The molecule has 10 aromatic rings. The van der Waals surface area contributed by atoms with Crippen molar-refractivity contribution in [3.05, 3.63) is 217 Å². The standard InChI is InChI=1S/C52H32N2S/c1-2-12-33(13-3-1)34-23-25-35(26-24-34)54(36-27-28-39-40-29-30-47-42(17-11-31-53-47)51(40)55-49(39)32-36)48-22-10-21-46-50(48)41-16-6-9-20-45(41)52(46)43-18-7-4-14-37(43)38-15-5-8-19-44(38)52/h1-32H. The maximum Gasteiger partial charge on any atom is 0.0726 e. The third kappa shape index (κ3) is 4.22. The summed E-state index contributed by atoms with van der Waals surface area (Å²) in [6.07, 6.45) is 1.88. The van der Waals surface area contributed by atoms with Crippen molar-refractivity contribution >= 4 is 59.5 Å². The van der Waals surface area contributed by atoms with Crippen LogP contribution in [0.4, 0.5) is 17.1 Å². The second kappa shape index (κ2) is 11.6. The van der Waals surface area contributed by atoms with Crippen molar-refractivity contribution < 1.29 is 0 Å². The predicted octanol–water partition coefficient (Wildman–Crippen LogP) is 14.1.